The average Bonchev–Trinajstić information content (AvgIpc) is 2.40. The Kier molecular flexibility index (Phi) is 3.95. The highest BCUT2D eigenvalue weighted by Crippen LogP contribution is 2.36. The standard InChI is InChI=1S/C16H23NO2/c1-9-10(2)12(4)15(16(18)19)14(11(9)3)13-5-7-17-8-6-13/h13,17H,5-8H2,1-4H3,(H,18,19). The molecule has 0 radical (unpaired) electrons. The van der Waals surface area contributed by atoms with Gasteiger partial charge in [-0.05, 0) is 87.4 Å². The lowest BCUT2D eigenvalue weighted by atomic mass is 9.79. The molecule has 0 aliphatic carbocycles. The van der Waals surface area contributed by atoms with Gasteiger partial charge in [-0.2, -0.15) is 0 Å². The number of rotatable bonds is 2. The van der Waals surface area contributed by atoms with Crippen molar-refractivity contribution >= 4 is 5.97 Å². The highest BCUT2D eigenvalue weighted by atomic mass is 16.4. The number of nitrogens with one attached hydrogen (secondary N) is 1. The van der Waals surface area contributed by atoms with Gasteiger partial charge in [-0.3, -0.25) is 0 Å². The fourth-order valence-electron chi connectivity index (χ4n) is 3.24. The van der Waals surface area contributed by atoms with E-state index in [1.165, 1.54) is 11.1 Å². The average molecular weight is 261 g/mol. The van der Waals surface area contributed by atoms with Gasteiger partial charge in [0.2, 0.25) is 0 Å². The van der Waals surface area contributed by atoms with Crippen molar-refractivity contribution in [3.8, 4) is 0 Å². The fourth-order valence-corrected chi connectivity index (χ4v) is 3.24. The summed E-state index contributed by atoms with van der Waals surface area (Å²) in [5, 5.41) is 12.9. The van der Waals surface area contributed by atoms with Gasteiger partial charge in [0.05, 0.1) is 5.56 Å². The van der Waals surface area contributed by atoms with E-state index in [0.29, 0.717) is 11.5 Å². The Balaban J connectivity index is 2.66. The first-order valence-corrected chi connectivity index (χ1v) is 6.99. The smallest absolute Gasteiger partial charge is 0.336 e. The molecule has 1 aromatic carbocycles. The summed E-state index contributed by atoms with van der Waals surface area (Å²) in [6.07, 6.45) is 2.06. The van der Waals surface area contributed by atoms with Crippen LogP contribution in [0.25, 0.3) is 0 Å². The molecule has 1 aliphatic heterocycles. The van der Waals surface area contributed by atoms with E-state index < -0.39 is 5.97 Å². The van der Waals surface area contributed by atoms with Crippen LogP contribution in [-0.4, -0.2) is 24.2 Å². The Morgan fingerprint density at radius 1 is 1.00 bits per heavy atom. The minimum atomic E-state index is -0.780. The number of aromatic carboxylic acids is 1. The van der Waals surface area contributed by atoms with Gasteiger partial charge in [-0.1, -0.05) is 0 Å². The minimum absolute atomic E-state index is 0.380. The first-order valence-electron chi connectivity index (χ1n) is 6.99. The molecule has 2 rings (SSSR count). The molecule has 3 nitrogen and oxygen atoms in total. The monoisotopic (exact) mass is 261 g/mol. The summed E-state index contributed by atoms with van der Waals surface area (Å²) in [4.78, 5) is 11.7. The second-order valence-corrected chi connectivity index (χ2v) is 5.62. The molecule has 0 bridgehead atoms. The highest BCUT2D eigenvalue weighted by molar-refractivity contribution is 5.92. The molecule has 19 heavy (non-hydrogen) atoms. The molecule has 1 aliphatic rings. The third kappa shape index (κ3) is 2.39. The second-order valence-electron chi connectivity index (χ2n) is 5.62. The summed E-state index contributed by atoms with van der Waals surface area (Å²) < 4.78 is 0. The van der Waals surface area contributed by atoms with Crippen LogP contribution >= 0.6 is 0 Å². The first kappa shape index (κ1) is 14.1. The van der Waals surface area contributed by atoms with Crippen molar-refractivity contribution in [2.75, 3.05) is 13.1 Å². The zero-order chi connectivity index (χ0) is 14.2. The van der Waals surface area contributed by atoms with Crippen LogP contribution in [0.1, 0.15) is 56.9 Å². The summed E-state index contributed by atoms with van der Waals surface area (Å²) >= 11 is 0. The van der Waals surface area contributed by atoms with Crippen molar-refractivity contribution in [1.29, 1.82) is 0 Å². The van der Waals surface area contributed by atoms with Crippen molar-refractivity contribution in [2.45, 2.75) is 46.5 Å². The summed E-state index contributed by atoms with van der Waals surface area (Å²) in [5.74, 6) is -0.400. The molecule has 1 aromatic rings. The zero-order valence-corrected chi connectivity index (χ0v) is 12.3. The molecule has 3 heteroatoms. The Morgan fingerprint density at radius 2 is 1.53 bits per heavy atom. The van der Waals surface area contributed by atoms with Gasteiger partial charge >= 0.3 is 5.97 Å². The van der Waals surface area contributed by atoms with Crippen molar-refractivity contribution in [3.63, 3.8) is 0 Å². The summed E-state index contributed by atoms with van der Waals surface area (Å²) in [7, 11) is 0. The largest absolute Gasteiger partial charge is 0.478 e. The maximum absolute atomic E-state index is 11.7. The van der Waals surface area contributed by atoms with Crippen LogP contribution < -0.4 is 5.32 Å². The van der Waals surface area contributed by atoms with E-state index >= 15 is 0 Å². The molecule has 1 fully saturated rings. The molecular weight excluding hydrogens is 238 g/mol. The van der Waals surface area contributed by atoms with Gasteiger partial charge in [0.1, 0.15) is 0 Å². The number of carboxylic acids is 1. The van der Waals surface area contributed by atoms with E-state index in [2.05, 4.69) is 19.2 Å². The van der Waals surface area contributed by atoms with Gasteiger partial charge < -0.3 is 10.4 Å². The molecule has 0 atom stereocenters. The topological polar surface area (TPSA) is 49.3 Å². The molecule has 0 unspecified atom stereocenters. The molecule has 1 saturated heterocycles. The van der Waals surface area contributed by atoms with Crippen molar-refractivity contribution in [2.24, 2.45) is 0 Å². The van der Waals surface area contributed by atoms with Gasteiger partial charge in [-0.15, -0.1) is 0 Å². The van der Waals surface area contributed by atoms with Gasteiger partial charge in [-0.25, -0.2) is 4.79 Å². The van der Waals surface area contributed by atoms with Crippen LogP contribution in [-0.2, 0) is 0 Å². The minimum Gasteiger partial charge on any atom is -0.478 e. The van der Waals surface area contributed by atoms with Crippen LogP contribution in [0.4, 0.5) is 0 Å². The summed E-state index contributed by atoms with van der Waals surface area (Å²) in [6, 6.07) is 0. The van der Waals surface area contributed by atoms with E-state index in [-0.39, 0.29) is 0 Å². The molecular formula is C16H23NO2. The molecule has 1 heterocycles. The molecule has 0 spiro atoms. The van der Waals surface area contributed by atoms with Gasteiger partial charge in [0, 0.05) is 0 Å². The van der Waals surface area contributed by atoms with Crippen LogP contribution in [0.15, 0.2) is 0 Å². The fraction of sp³-hybridized carbons (Fsp3) is 0.562. The Labute approximate surface area is 115 Å². The number of piperidine rings is 1. The van der Waals surface area contributed by atoms with Crippen molar-refractivity contribution < 1.29 is 9.90 Å². The number of hydrogen-bond donors (Lipinski definition) is 2. The number of carbonyl (C=O) groups is 1. The predicted molar refractivity (Wildman–Crippen MR) is 77.2 cm³/mol. The number of hydrogen-bond acceptors (Lipinski definition) is 2. The Morgan fingerprint density at radius 3 is 2.05 bits per heavy atom. The second kappa shape index (κ2) is 5.33. The molecule has 2 N–H and O–H groups in total. The predicted octanol–water partition coefficient (Wildman–Crippen LogP) is 3.09. The Bertz CT molecular complexity index is 514. The van der Waals surface area contributed by atoms with Crippen LogP contribution in [0, 0.1) is 27.7 Å². The quantitative estimate of drug-likeness (QED) is 0.860. The third-order valence-corrected chi connectivity index (χ3v) is 4.70. The van der Waals surface area contributed by atoms with E-state index in [9.17, 15) is 9.90 Å². The van der Waals surface area contributed by atoms with E-state index in [1.807, 2.05) is 13.8 Å². The highest BCUT2D eigenvalue weighted by Gasteiger charge is 2.26. The van der Waals surface area contributed by atoms with Crippen LogP contribution in [0.3, 0.4) is 0 Å². The number of benzene rings is 1. The van der Waals surface area contributed by atoms with Gasteiger partial charge in [0.15, 0.2) is 0 Å². The Hall–Kier alpha value is -1.35. The SMILES string of the molecule is Cc1c(C)c(C)c(C2CCNCC2)c(C(=O)O)c1C. The lowest BCUT2D eigenvalue weighted by molar-refractivity contribution is 0.0693. The van der Waals surface area contributed by atoms with E-state index in [0.717, 1.165) is 42.6 Å². The third-order valence-electron chi connectivity index (χ3n) is 4.70. The maximum Gasteiger partial charge on any atom is 0.336 e. The summed E-state index contributed by atoms with van der Waals surface area (Å²) in [6.45, 7) is 10.1. The zero-order valence-electron chi connectivity index (χ0n) is 12.3. The lowest BCUT2D eigenvalue weighted by Crippen LogP contribution is -2.28. The molecule has 0 aromatic heterocycles. The summed E-state index contributed by atoms with van der Waals surface area (Å²) in [5.41, 5.74) is 6.10. The molecule has 0 amide bonds. The molecule has 104 valence electrons. The number of carboxylic acid groups (broad SMARTS) is 1. The maximum atomic E-state index is 11.7. The van der Waals surface area contributed by atoms with E-state index in [4.69, 9.17) is 0 Å². The van der Waals surface area contributed by atoms with E-state index in [1.54, 1.807) is 0 Å². The van der Waals surface area contributed by atoms with Crippen molar-refractivity contribution in [3.05, 3.63) is 33.4 Å². The van der Waals surface area contributed by atoms with Crippen LogP contribution in [0.5, 0.6) is 0 Å². The van der Waals surface area contributed by atoms with Gasteiger partial charge in [0.25, 0.3) is 0 Å². The van der Waals surface area contributed by atoms with Crippen molar-refractivity contribution in [1.82, 2.24) is 5.32 Å². The molecule has 0 saturated carbocycles. The van der Waals surface area contributed by atoms with Crippen LogP contribution in [0.2, 0.25) is 0 Å². The lowest BCUT2D eigenvalue weighted by Gasteiger charge is -2.28. The normalized spacial score (nSPS) is 16.6. The first-order chi connectivity index (χ1) is 8.95.